The van der Waals surface area contributed by atoms with E-state index in [1.165, 1.54) is 30.3 Å². The molecule has 2 aromatic carbocycles. The Morgan fingerprint density at radius 3 is 2.22 bits per heavy atom. The molecule has 1 saturated heterocycles. The minimum Gasteiger partial charge on any atom is -0.335 e. The maximum absolute atomic E-state index is 13.5. The first-order valence-electron chi connectivity index (χ1n) is 8.85. The van der Waals surface area contributed by atoms with Crippen molar-refractivity contribution in [2.75, 3.05) is 16.8 Å². The quantitative estimate of drug-likeness (QED) is 0.703. The lowest BCUT2D eigenvalue weighted by Gasteiger charge is -2.27. The first-order valence-corrected chi connectivity index (χ1v) is 8.85. The third-order valence-corrected chi connectivity index (χ3v) is 4.55. The number of nitriles is 2. The fraction of sp³-hybridized carbons (Fsp3) is 0.250. The third-order valence-electron chi connectivity index (χ3n) is 4.55. The number of rotatable bonds is 3. The molecule has 2 atom stereocenters. The summed E-state index contributed by atoms with van der Waals surface area (Å²) in [5, 5.41) is 20.0. The molecule has 1 aliphatic heterocycles. The van der Waals surface area contributed by atoms with Gasteiger partial charge in [-0.05, 0) is 42.5 Å². The minimum absolute atomic E-state index is 0.192. The molecule has 32 heavy (non-hydrogen) atoms. The van der Waals surface area contributed by atoms with Crippen LogP contribution in [0.5, 0.6) is 0 Å². The summed E-state index contributed by atoms with van der Waals surface area (Å²) in [7, 11) is 0. The van der Waals surface area contributed by atoms with Crippen molar-refractivity contribution in [3.8, 4) is 12.1 Å². The summed E-state index contributed by atoms with van der Waals surface area (Å²) in [6.45, 7) is -0.685. The van der Waals surface area contributed by atoms with Crippen molar-refractivity contribution in [1.29, 1.82) is 10.5 Å². The van der Waals surface area contributed by atoms with Gasteiger partial charge in [0.15, 0.2) is 6.10 Å². The molecule has 0 aromatic heterocycles. The second kappa shape index (κ2) is 8.40. The summed E-state index contributed by atoms with van der Waals surface area (Å²) < 4.78 is 85.1. The van der Waals surface area contributed by atoms with Crippen LogP contribution in [0.25, 0.3) is 0 Å². The Balaban J connectivity index is 1.88. The molecule has 1 aliphatic rings. The fourth-order valence-corrected chi connectivity index (χ4v) is 3.08. The Morgan fingerprint density at radius 1 is 1.03 bits per heavy atom. The molecule has 1 N–H and O–H groups in total. The molecule has 1 heterocycles. The molecule has 12 heteroatoms. The van der Waals surface area contributed by atoms with Crippen molar-refractivity contribution in [2.24, 2.45) is 0 Å². The Labute approximate surface area is 177 Å². The van der Waals surface area contributed by atoms with Crippen LogP contribution in [0, 0.1) is 22.7 Å². The van der Waals surface area contributed by atoms with E-state index >= 15 is 0 Å². The lowest BCUT2D eigenvalue weighted by molar-refractivity contribution is -0.212. The Kier molecular flexibility index (Phi) is 6.01. The number of alkyl halides is 6. The van der Waals surface area contributed by atoms with E-state index in [4.69, 9.17) is 15.3 Å². The van der Waals surface area contributed by atoms with E-state index in [0.717, 1.165) is 12.1 Å². The van der Waals surface area contributed by atoms with Gasteiger partial charge in [-0.1, -0.05) is 0 Å². The summed E-state index contributed by atoms with van der Waals surface area (Å²) >= 11 is 0. The van der Waals surface area contributed by atoms with E-state index in [9.17, 15) is 31.1 Å². The van der Waals surface area contributed by atoms with Crippen LogP contribution in [0.3, 0.4) is 0 Å². The summed E-state index contributed by atoms with van der Waals surface area (Å²) in [6, 6.07) is 10.8. The van der Waals surface area contributed by atoms with Gasteiger partial charge in [0.2, 0.25) is 6.23 Å². The van der Waals surface area contributed by atoms with E-state index in [2.05, 4.69) is 5.32 Å². The summed E-state index contributed by atoms with van der Waals surface area (Å²) in [5.41, 5.74) is -2.17. The number of halogens is 6. The van der Waals surface area contributed by atoms with Crippen molar-refractivity contribution in [2.45, 2.75) is 24.7 Å². The predicted molar refractivity (Wildman–Crippen MR) is 98.0 cm³/mol. The van der Waals surface area contributed by atoms with Gasteiger partial charge in [0.25, 0.3) is 5.91 Å². The zero-order valence-electron chi connectivity index (χ0n) is 15.8. The first-order chi connectivity index (χ1) is 14.9. The van der Waals surface area contributed by atoms with Crippen molar-refractivity contribution in [3.05, 3.63) is 59.2 Å². The predicted octanol–water partition coefficient (Wildman–Crippen LogP) is 4.18. The average molecular weight is 454 g/mol. The average Bonchev–Trinajstić information content (AvgIpc) is 3.19. The van der Waals surface area contributed by atoms with Gasteiger partial charge >= 0.3 is 12.4 Å². The highest BCUT2D eigenvalue weighted by Gasteiger charge is 2.52. The number of anilines is 2. The molecule has 0 bridgehead atoms. The van der Waals surface area contributed by atoms with Gasteiger partial charge in [0.1, 0.15) is 0 Å². The monoisotopic (exact) mass is 454 g/mol. The van der Waals surface area contributed by atoms with Gasteiger partial charge < -0.3 is 15.0 Å². The van der Waals surface area contributed by atoms with Crippen molar-refractivity contribution < 1.29 is 35.9 Å². The van der Waals surface area contributed by atoms with Gasteiger partial charge in [0, 0.05) is 11.4 Å². The highest BCUT2D eigenvalue weighted by molar-refractivity contribution is 5.95. The van der Waals surface area contributed by atoms with Crippen molar-refractivity contribution in [3.63, 3.8) is 0 Å². The number of benzene rings is 2. The number of carbonyl (C=O) groups is 1. The van der Waals surface area contributed by atoms with E-state index in [-0.39, 0.29) is 5.69 Å². The first kappa shape index (κ1) is 22.9. The molecule has 3 rings (SSSR count). The third kappa shape index (κ3) is 4.76. The molecule has 2 aromatic rings. The number of nitrogens with one attached hydrogen (secondary N) is 1. The molecule has 1 fully saturated rings. The standard InChI is InChI=1S/C20H12F6N4O2/c21-19(22,23)15-7-14(6-3-12(15)9-28)30-10-16(32-18(30)20(24,25)26)17(31)29-13-4-1-11(8-27)2-5-13/h1-7,16,18H,10H2,(H,29,31). The molecular formula is C20H12F6N4O2. The molecule has 2 unspecified atom stereocenters. The normalized spacial score (nSPS) is 18.7. The Morgan fingerprint density at radius 2 is 1.69 bits per heavy atom. The second-order valence-corrected chi connectivity index (χ2v) is 6.69. The fourth-order valence-electron chi connectivity index (χ4n) is 3.08. The number of carbonyl (C=O) groups excluding carboxylic acids is 1. The molecule has 0 spiro atoms. The smallest absolute Gasteiger partial charge is 0.335 e. The van der Waals surface area contributed by atoms with Gasteiger partial charge in [-0.3, -0.25) is 4.79 Å². The van der Waals surface area contributed by atoms with E-state index in [0.29, 0.717) is 16.5 Å². The number of ether oxygens (including phenoxy) is 1. The van der Waals surface area contributed by atoms with Gasteiger partial charge in [0.05, 0.1) is 35.4 Å². The molecule has 0 aliphatic carbocycles. The summed E-state index contributed by atoms with van der Waals surface area (Å²) in [6.07, 6.45) is -14.3. The lowest BCUT2D eigenvalue weighted by atomic mass is 10.1. The highest BCUT2D eigenvalue weighted by Crippen LogP contribution is 2.39. The Hall–Kier alpha value is -3.77. The van der Waals surface area contributed by atoms with Crippen LogP contribution in [0.1, 0.15) is 16.7 Å². The molecule has 0 radical (unpaired) electrons. The van der Waals surface area contributed by atoms with Gasteiger partial charge in [-0.15, -0.1) is 0 Å². The largest absolute Gasteiger partial charge is 0.433 e. The number of hydrogen-bond acceptors (Lipinski definition) is 5. The summed E-state index contributed by atoms with van der Waals surface area (Å²) in [5.74, 6) is -0.948. The zero-order valence-corrected chi connectivity index (χ0v) is 15.8. The van der Waals surface area contributed by atoms with Gasteiger partial charge in [-0.25, -0.2) is 0 Å². The van der Waals surface area contributed by atoms with Crippen LogP contribution in [0.2, 0.25) is 0 Å². The number of hydrogen-bond donors (Lipinski definition) is 1. The van der Waals surface area contributed by atoms with Crippen molar-refractivity contribution >= 4 is 17.3 Å². The molecule has 0 saturated carbocycles. The topological polar surface area (TPSA) is 89.2 Å². The van der Waals surface area contributed by atoms with E-state index in [1.54, 1.807) is 0 Å². The SMILES string of the molecule is N#Cc1ccc(NC(=O)C2CN(c3ccc(C#N)c(C(F)(F)F)c3)C(C(F)(F)F)O2)cc1. The lowest BCUT2D eigenvalue weighted by Crippen LogP contribution is -2.42. The highest BCUT2D eigenvalue weighted by atomic mass is 19.4. The van der Waals surface area contributed by atoms with Crippen LogP contribution in [0.4, 0.5) is 37.7 Å². The molecule has 166 valence electrons. The summed E-state index contributed by atoms with van der Waals surface area (Å²) in [4.78, 5) is 12.9. The maximum atomic E-state index is 13.5. The number of amides is 1. The van der Waals surface area contributed by atoms with E-state index in [1.807, 2.05) is 6.07 Å². The van der Waals surface area contributed by atoms with Crippen LogP contribution in [-0.2, 0) is 15.7 Å². The van der Waals surface area contributed by atoms with Crippen LogP contribution < -0.4 is 10.2 Å². The number of nitrogens with zero attached hydrogens (tertiary/aromatic N) is 3. The minimum atomic E-state index is -5.02. The molecule has 1 amide bonds. The van der Waals surface area contributed by atoms with Crippen LogP contribution in [0.15, 0.2) is 42.5 Å². The maximum Gasteiger partial charge on any atom is 0.433 e. The van der Waals surface area contributed by atoms with Crippen LogP contribution in [-0.4, -0.2) is 31.0 Å². The zero-order chi connectivity index (χ0) is 23.7. The van der Waals surface area contributed by atoms with Gasteiger partial charge in [-0.2, -0.15) is 36.9 Å². The molecular weight excluding hydrogens is 442 g/mol. The second-order valence-electron chi connectivity index (χ2n) is 6.69. The Bertz CT molecular complexity index is 1100. The van der Waals surface area contributed by atoms with Crippen LogP contribution >= 0.6 is 0 Å². The molecule has 6 nitrogen and oxygen atoms in total. The van der Waals surface area contributed by atoms with E-state index < -0.39 is 54.0 Å². The van der Waals surface area contributed by atoms with Crippen molar-refractivity contribution in [1.82, 2.24) is 0 Å².